The first kappa shape index (κ1) is 21.9. The van der Waals surface area contributed by atoms with Crippen LogP contribution in [0.4, 0.5) is 4.79 Å². The SMILES string of the molecule is CC(C)(C)OC(=O)N1CCC2(CC1)CC(N(Cc1ccccc1)Cc1ccccc1)C2. The van der Waals surface area contributed by atoms with Gasteiger partial charge in [-0.25, -0.2) is 4.79 Å². The fourth-order valence-corrected chi connectivity index (χ4v) is 5.05. The standard InChI is InChI=1S/C27H36N2O2/c1-26(2,3)31-25(30)28-16-14-27(15-17-28)18-24(19-27)29(20-22-10-6-4-7-11-22)21-23-12-8-5-9-13-23/h4-13,24H,14-21H2,1-3H3. The molecule has 0 radical (unpaired) electrons. The number of carbonyl (C=O) groups is 1. The molecule has 31 heavy (non-hydrogen) atoms. The van der Waals surface area contributed by atoms with E-state index in [1.165, 1.54) is 24.0 Å². The van der Waals surface area contributed by atoms with Crippen molar-refractivity contribution in [3.05, 3.63) is 71.8 Å². The molecule has 1 amide bonds. The topological polar surface area (TPSA) is 32.8 Å². The quantitative estimate of drug-likeness (QED) is 0.606. The molecule has 0 unspecified atom stereocenters. The van der Waals surface area contributed by atoms with Crippen molar-refractivity contribution in [2.24, 2.45) is 5.41 Å². The number of likely N-dealkylation sites (tertiary alicyclic amines) is 1. The van der Waals surface area contributed by atoms with Gasteiger partial charge in [0, 0.05) is 32.2 Å². The highest BCUT2D eigenvalue weighted by Gasteiger charge is 2.48. The molecule has 4 rings (SSSR count). The van der Waals surface area contributed by atoms with Crippen LogP contribution in [-0.2, 0) is 17.8 Å². The molecular formula is C27H36N2O2. The summed E-state index contributed by atoms with van der Waals surface area (Å²) in [6.45, 7) is 9.40. The van der Waals surface area contributed by atoms with E-state index in [0.29, 0.717) is 11.5 Å². The largest absolute Gasteiger partial charge is 0.444 e. The number of benzene rings is 2. The van der Waals surface area contributed by atoms with Gasteiger partial charge in [0.05, 0.1) is 0 Å². The Kier molecular flexibility index (Phi) is 6.38. The summed E-state index contributed by atoms with van der Waals surface area (Å²) in [5.74, 6) is 0. The first-order chi connectivity index (χ1) is 14.8. The van der Waals surface area contributed by atoms with Gasteiger partial charge in [-0.2, -0.15) is 0 Å². The van der Waals surface area contributed by atoms with Crippen LogP contribution in [0.3, 0.4) is 0 Å². The molecule has 166 valence electrons. The maximum absolute atomic E-state index is 12.4. The van der Waals surface area contributed by atoms with Crippen LogP contribution >= 0.6 is 0 Å². The first-order valence-electron chi connectivity index (χ1n) is 11.6. The molecule has 2 aliphatic rings. The Balaban J connectivity index is 1.36. The molecule has 2 aromatic rings. The van der Waals surface area contributed by atoms with Gasteiger partial charge in [-0.05, 0) is 63.0 Å². The first-order valence-corrected chi connectivity index (χ1v) is 11.6. The van der Waals surface area contributed by atoms with Crippen molar-refractivity contribution in [2.75, 3.05) is 13.1 Å². The minimum atomic E-state index is -0.427. The average Bonchev–Trinajstić information content (AvgIpc) is 2.72. The predicted molar refractivity (Wildman–Crippen MR) is 125 cm³/mol. The number of amides is 1. The summed E-state index contributed by atoms with van der Waals surface area (Å²) in [5, 5.41) is 0. The van der Waals surface area contributed by atoms with Crippen LogP contribution in [0.5, 0.6) is 0 Å². The number of hydrogen-bond acceptors (Lipinski definition) is 3. The van der Waals surface area contributed by atoms with Gasteiger partial charge in [0.1, 0.15) is 5.60 Å². The Bertz CT molecular complexity index is 802. The molecule has 2 aromatic carbocycles. The summed E-state index contributed by atoms with van der Waals surface area (Å²) >= 11 is 0. The van der Waals surface area contributed by atoms with Crippen molar-refractivity contribution in [3.63, 3.8) is 0 Å². The van der Waals surface area contributed by atoms with Crippen LogP contribution < -0.4 is 0 Å². The molecule has 1 heterocycles. The zero-order chi connectivity index (χ0) is 21.9. The molecule has 4 nitrogen and oxygen atoms in total. The normalized spacial score (nSPS) is 18.8. The van der Waals surface area contributed by atoms with Crippen LogP contribution in [0.15, 0.2) is 60.7 Å². The summed E-state index contributed by atoms with van der Waals surface area (Å²) in [5.41, 5.74) is 2.72. The van der Waals surface area contributed by atoms with Gasteiger partial charge < -0.3 is 9.64 Å². The van der Waals surface area contributed by atoms with Crippen LogP contribution in [-0.4, -0.2) is 40.6 Å². The van der Waals surface area contributed by atoms with Crippen molar-refractivity contribution < 1.29 is 9.53 Å². The van der Waals surface area contributed by atoms with Crippen LogP contribution in [0.1, 0.15) is 57.6 Å². The number of nitrogens with zero attached hydrogens (tertiary/aromatic N) is 2. The predicted octanol–water partition coefficient (Wildman–Crippen LogP) is 5.87. The lowest BCUT2D eigenvalue weighted by Gasteiger charge is -2.55. The zero-order valence-electron chi connectivity index (χ0n) is 19.2. The molecule has 1 aliphatic heterocycles. The van der Waals surface area contributed by atoms with E-state index in [4.69, 9.17) is 4.74 Å². The minimum absolute atomic E-state index is 0.159. The number of piperidine rings is 1. The Labute approximate surface area is 187 Å². The Hall–Kier alpha value is -2.33. The van der Waals surface area contributed by atoms with Crippen molar-refractivity contribution in [1.82, 2.24) is 9.80 Å². The van der Waals surface area contributed by atoms with Gasteiger partial charge in [-0.15, -0.1) is 0 Å². The van der Waals surface area contributed by atoms with Gasteiger partial charge >= 0.3 is 6.09 Å². The molecule has 1 aliphatic carbocycles. The minimum Gasteiger partial charge on any atom is -0.444 e. The Morgan fingerprint density at radius 3 is 1.87 bits per heavy atom. The Morgan fingerprint density at radius 1 is 0.935 bits per heavy atom. The summed E-state index contributed by atoms with van der Waals surface area (Å²) in [6, 6.07) is 22.2. The maximum atomic E-state index is 12.4. The van der Waals surface area contributed by atoms with Crippen molar-refractivity contribution in [2.45, 2.75) is 71.2 Å². The number of rotatable bonds is 5. The lowest BCUT2D eigenvalue weighted by atomic mass is 9.60. The summed E-state index contributed by atoms with van der Waals surface area (Å²) < 4.78 is 5.57. The average molecular weight is 421 g/mol. The molecule has 0 bridgehead atoms. The van der Waals surface area contributed by atoms with Crippen LogP contribution in [0.25, 0.3) is 0 Å². The third kappa shape index (κ3) is 5.68. The Morgan fingerprint density at radius 2 is 1.42 bits per heavy atom. The van der Waals surface area contributed by atoms with Crippen LogP contribution in [0, 0.1) is 5.41 Å². The van der Waals surface area contributed by atoms with Gasteiger partial charge in [-0.1, -0.05) is 60.7 Å². The van der Waals surface area contributed by atoms with E-state index >= 15 is 0 Å². The third-order valence-corrected chi connectivity index (χ3v) is 6.79. The second-order valence-electron chi connectivity index (χ2n) is 10.4. The highest BCUT2D eigenvalue weighted by molar-refractivity contribution is 5.68. The molecule has 1 saturated heterocycles. The molecule has 0 atom stereocenters. The van der Waals surface area contributed by atoms with E-state index in [9.17, 15) is 4.79 Å². The van der Waals surface area contributed by atoms with E-state index in [0.717, 1.165) is 39.0 Å². The molecule has 0 aromatic heterocycles. The molecule has 4 heteroatoms. The molecular weight excluding hydrogens is 384 g/mol. The maximum Gasteiger partial charge on any atom is 0.410 e. The van der Waals surface area contributed by atoms with Gasteiger partial charge in [0.2, 0.25) is 0 Å². The summed E-state index contributed by atoms with van der Waals surface area (Å²) in [7, 11) is 0. The van der Waals surface area contributed by atoms with E-state index in [-0.39, 0.29) is 6.09 Å². The summed E-state index contributed by atoms with van der Waals surface area (Å²) in [6.07, 6.45) is 4.48. The van der Waals surface area contributed by atoms with Gasteiger partial charge in [-0.3, -0.25) is 4.90 Å². The highest BCUT2D eigenvalue weighted by Crippen LogP contribution is 2.51. The molecule has 1 spiro atoms. The lowest BCUT2D eigenvalue weighted by molar-refractivity contribution is -0.0528. The van der Waals surface area contributed by atoms with Gasteiger partial charge in [0.15, 0.2) is 0 Å². The third-order valence-electron chi connectivity index (χ3n) is 6.79. The number of hydrogen-bond donors (Lipinski definition) is 0. The molecule has 0 N–H and O–H groups in total. The van der Waals surface area contributed by atoms with E-state index in [1.54, 1.807) is 0 Å². The second-order valence-corrected chi connectivity index (χ2v) is 10.4. The second kappa shape index (κ2) is 9.04. The van der Waals surface area contributed by atoms with E-state index in [1.807, 2.05) is 25.7 Å². The van der Waals surface area contributed by atoms with E-state index in [2.05, 4.69) is 65.6 Å². The zero-order valence-corrected chi connectivity index (χ0v) is 19.2. The van der Waals surface area contributed by atoms with Gasteiger partial charge in [0.25, 0.3) is 0 Å². The molecule has 1 saturated carbocycles. The smallest absolute Gasteiger partial charge is 0.410 e. The summed E-state index contributed by atoms with van der Waals surface area (Å²) in [4.78, 5) is 17.0. The molecule has 2 fully saturated rings. The van der Waals surface area contributed by atoms with Crippen LogP contribution in [0.2, 0.25) is 0 Å². The fraction of sp³-hybridized carbons (Fsp3) is 0.519. The fourth-order valence-electron chi connectivity index (χ4n) is 5.05. The van der Waals surface area contributed by atoms with Crippen molar-refractivity contribution >= 4 is 6.09 Å². The van der Waals surface area contributed by atoms with Crippen molar-refractivity contribution in [3.8, 4) is 0 Å². The number of carbonyl (C=O) groups excluding carboxylic acids is 1. The van der Waals surface area contributed by atoms with Crippen molar-refractivity contribution in [1.29, 1.82) is 0 Å². The number of ether oxygens (including phenoxy) is 1. The monoisotopic (exact) mass is 420 g/mol. The highest BCUT2D eigenvalue weighted by atomic mass is 16.6. The van der Waals surface area contributed by atoms with E-state index < -0.39 is 5.60 Å². The lowest BCUT2D eigenvalue weighted by Crippen LogP contribution is -2.55.